The van der Waals surface area contributed by atoms with Gasteiger partial charge in [-0.15, -0.1) is 12.4 Å². The molecule has 2 heterocycles. The van der Waals surface area contributed by atoms with E-state index >= 15 is 0 Å². The maximum atomic E-state index is 10.7. The van der Waals surface area contributed by atoms with Gasteiger partial charge in [0.25, 0.3) is 0 Å². The molecule has 0 fully saturated rings. The van der Waals surface area contributed by atoms with Crippen LogP contribution in [0.15, 0.2) is 17.3 Å². The van der Waals surface area contributed by atoms with E-state index in [0.29, 0.717) is 11.2 Å². The molecule has 0 atom stereocenters. The lowest BCUT2D eigenvalue weighted by Crippen LogP contribution is -2.08. The molecule has 2 aromatic rings. The van der Waals surface area contributed by atoms with E-state index in [4.69, 9.17) is 0 Å². The third-order valence-electron chi connectivity index (χ3n) is 1.31. The number of thiol groups is 1. The number of imidazole rings is 1. The number of hydrogen-bond acceptors (Lipinski definition) is 4. The van der Waals surface area contributed by atoms with Gasteiger partial charge in [0.2, 0.25) is 0 Å². The Morgan fingerprint density at radius 1 is 1.50 bits per heavy atom. The Balaban J connectivity index is 0.000000720. The standard InChI is InChI=1S/C5H4N4OS.ClH/c10-5-6-1-3-4(8-5)9(11)2-7-3;/h1-2,11H,(H,6,8,10);1H. The van der Waals surface area contributed by atoms with E-state index < -0.39 is 5.69 Å². The Kier molecular flexibility index (Phi) is 2.39. The molecule has 0 radical (unpaired) electrons. The van der Waals surface area contributed by atoms with Crippen LogP contribution < -0.4 is 5.69 Å². The predicted octanol–water partition coefficient (Wildman–Crippen LogP) is 0.234. The molecule has 2 rings (SSSR count). The lowest BCUT2D eigenvalue weighted by Gasteiger charge is -1.88. The van der Waals surface area contributed by atoms with Crippen molar-refractivity contribution in [2.75, 3.05) is 0 Å². The number of hydrogen-bond donors (Lipinski definition) is 2. The summed E-state index contributed by atoms with van der Waals surface area (Å²) in [7, 11) is 0. The smallest absolute Gasteiger partial charge is 0.289 e. The SMILES string of the molecule is Cl.O=c1ncc2ncn(S)c2[nH]1. The van der Waals surface area contributed by atoms with Crippen LogP contribution in [0.1, 0.15) is 0 Å². The molecule has 0 unspecified atom stereocenters. The second-order valence-electron chi connectivity index (χ2n) is 2.01. The van der Waals surface area contributed by atoms with Gasteiger partial charge in [-0.05, 0) is 0 Å². The molecule has 7 heteroatoms. The Bertz CT molecular complexity index is 450. The number of aromatic nitrogens is 4. The van der Waals surface area contributed by atoms with E-state index in [9.17, 15) is 4.79 Å². The zero-order valence-electron chi connectivity index (χ0n) is 5.76. The molecular weight excluding hydrogens is 200 g/mol. The van der Waals surface area contributed by atoms with Crippen molar-refractivity contribution in [2.24, 2.45) is 0 Å². The van der Waals surface area contributed by atoms with Crippen LogP contribution >= 0.6 is 25.2 Å². The molecule has 0 saturated carbocycles. The second-order valence-corrected chi connectivity index (χ2v) is 2.44. The third kappa shape index (κ3) is 1.30. The highest BCUT2D eigenvalue weighted by Crippen LogP contribution is 2.05. The van der Waals surface area contributed by atoms with Gasteiger partial charge < -0.3 is 0 Å². The molecule has 0 aliphatic carbocycles. The average molecular weight is 205 g/mol. The maximum Gasteiger partial charge on any atom is 0.346 e. The van der Waals surface area contributed by atoms with Crippen molar-refractivity contribution in [3.8, 4) is 0 Å². The van der Waals surface area contributed by atoms with Crippen LogP contribution in [0.4, 0.5) is 0 Å². The average Bonchev–Trinajstić information content (AvgIpc) is 2.33. The van der Waals surface area contributed by atoms with E-state index in [1.165, 1.54) is 16.5 Å². The number of aromatic amines is 1. The molecule has 12 heavy (non-hydrogen) atoms. The normalized spacial score (nSPS) is 9.75. The molecule has 0 bridgehead atoms. The van der Waals surface area contributed by atoms with Crippen molar-refractivity contribution in [1.29, 1.82) is 0 Å². The van der Waals surface area contributed by atoms with Crippen LogP contribution in [0.5, 0.6) is 0 Å². The minimum Gasteiger partial charge on any atom is -0.289 e. The molecule has 0 saturated heterocycles. The van der Waals surface area contributed by atoms with Gasteiger partial charge in [-0.1, -0.05) is 12.8 Å². The molecule has 2 aromatic heterocycles. The second kappa shape index (κ2) is 3.16. The first-order valence-electron chi connectivity index (χ1n) is 2.89. The predicted molar refractivity (Wildman–Crippen MR) is 49.8 cm³/mol. The fourth-order valence-corrected chi connectivity index (χ4v) is 1.03. The van der Waals surface area contributed by atoms with Crippen LogP contribution in [0.25, 0.3) is 11.2 Å². The van der Waals surface area contributed by atoms with Crippen molar-refractivity contribution < 1.29 is 0 Å². The van der Waals surface area contributed by atoms with Gasteiger partial charge in [-0.2, -0.15) is 4.98 Å². The Morgan fingerprint density at radius 3 is 3.00 bits per heavy atom. The molecule has 64 valence electrons. The first kappa shape index (κ1) is 9.08. The van der Waals surface area contributed by atoms with E-state index in [2.05, 4.69) is 27.8 Å². The zero-order valence-corrected chi connectivity index (χ0v) is 7.47. The highest BCUT2D eigenvalue weighted by atomic mass is 35.5. The number of nitrogens with zero attached hydrogens (tertiary/aromatic N) is 3. The van der Waals surface area contributed by atoms with E-state index in [1.807, 2.05) is 0 Å². The monoisotopic (exact) mass is 204 g/mol. The van der Waals surface area contributed by atoms with Gasteiger partial charge in [0.15, 0.2) is 5.65 Å². The summed E-state index contributed by atoms with van der Waals surface area (Å²) in [4.78, 5) is 20.6. The quantitative estimate of drug-likeness (QED) is 0.604. The van der Waals surface area contributed by atoms with Crippen molar-refractivity contribution in [2.45, 2.75) is 0 Å². The van der Waals surface area contributed by atoms with Gasteiger partial charge in [-0.25, -0.2) is 9.78 Å². The summed E-state index contributed by atoms with van der Waals surface area (Å²) < 4.78 is 1.43. The van der Waals surface area contributed by atoms with Gasteiger partial charge in [0.1, 0.15) is 11.8 Å². The summed E-state index contributed by atoms with van der Waals surface area (Å²) in [5.74, 6) is 0. The molecule has 0 aliphatic heterocycles. The number of halogens is 1. The van der Waals surface area contributed by atoms with Crippen LogP contribution in [-0.4, -0.2) is 18.9 Å². The highest BCUT2D eigenvalue weighted by Gasteiger charge is 1.99. The van der Waals surface area contributed by atoms with Gasteiger partial charge in [0, 0.05) is 0 Å². The minimum atomic E-state index is -0.395. The Labute approximate surface area is 78.8 Å². The summed E-state index contributed by atoms with van der Waals surface area (Å²) in [5.41, 5.74) is 0.793. The van der Waals surface area contributed by atoms with Crippen LogP contribution in [0, 0.1) is 0 Å². The first-order valence-corrected chi connectivity index (χ1v) is 3.29. The number of H-pyrrole nitrogens is 1. The minimum absolute atomic E-state index is 0. The topological polar surface area (TPSA) is 63.6 Å². The number of rotatable bonds is 0. The van der Waals surface area contributed by atoms with Crippen molar-refractivity contribution in [3.05, 3.63) is 23.0 Å². The van der Waals surface area contributed by atoms with E-state index in [0.717, 1.165) is 0 Å². The van der Waals surface area contributed by atoms with E-state index in [-0.39, 0.29) is 12.4 Å². The van der Waals surface area contributed by atoms with Gasteiger partial charge in [0.05, 0.1) is 6.20 Å². The summed E-state index contributed by atoms with van der Waals surface area (Å²) >= 11 is 4.01. The number of nitrogens with one attached hydrogen (secondary N) is 1. The van der Waals surface area contributed by atoms with Crippen LogP contribution in [0.2, 0.25) is 0 Å². The molecule has 0 amide bonds. The molecule has 1 N–H and O–H groups in total. The molecular formula is C5H5ClN4OS. The molecule has 0 aliphatic rings. The molecule has 5 nitrogen and oxygen atoms in total. The van der Waals surface area contributed by atoms with Crippen molar-refractivity contribution in [1.82, 2.24) is 18.9 Å². The van der Waals surface area contributed by atoms with E-state index in [1.54, 1.807) is 0 Å². The third-order valence-corrected chi connectivity index (χ3v) is 1.61. The fourth-order valence-electron chi connectivity index (χ4n) is 0.822. The fraction of sp³-hybridized carbons (Fsp3) is 0. The molecule has 0 aromatic carbocycles. The first-order chi connectivity index (χ1) is 5.27. The largest absolute Gasteiger partial charge is 0.346 e. The van der Waals surface area contributed by atoms with Crippen molar-refractivity contribution in [3.63, 3.8) is 0 Å². The van der Waals surface area contributed by atoms with Gasteiger partial charge in [-0.3, -0.25) is 8.96 Å². The Morgan fingerprint density at radius 2 is 2.25 bits per heavy atom. The summed E-state index contributed by atoms with van der Waals surface area (Å²) in [5, 5.41) is 0. The van der Waals surface area contributed by atoms with Crippen LogP contribution in [-0.2, 0) is 0 Å². The summed E-state index contributed by atoms with van der Waals surface area (Å²) in [6, 6.07) is 0. The lowest BCUT2D eigenvalue weighted by molar-refractivity contribution is 1.10. The lowest BCUT2D eigenvalue weighted by atomic mass is 10.6. The highest BCUT2D eigenvalue weighted by molar-refractivity contribution is 7.78. The van der Waals surface area contributed by atoms with Gasteiger partial charge >= 0.3 is 5.69 Å². The van der Waals surface area contributed by atoms with Crippen LogP contribution in [0.3, 0.4) is 0 Å². The maximum absolute atomic E-state index is 10.7. The zero-order chi connectivity index (χ0) is 7.84. The molecule has 0 spiro atoms. The summed E-state index contributed by atoms with van der Waals surface area (Å²) in [6.45, 7) is 0. The summed E-state index contributed by atoms with van der Waals surface area (Å²) in [6.07, 6.45) is 2.90. The van der Waals surface area contributed by atoms with Crippen molar-refractivity contribution >= 4 is 36.4 Å². The Hall–Kier alpha value is -1.01. The number of fused-ring (bicyclic) bond motifs is 1.